The number of aromatic nitrogens is 3. The maximum Gasteiger partial charge on any atom is 0.205 e. The van der Waals surface area contributed by atoms with Crippen LogP contribution in [-0.2, 0) is 5.54 Å². The largest absolute Gasteiger partial charge is 0.497 e. The van der Waals surface area contributed by atoms with Crippen molar-refractivity contribution in [3.8, 4) is 23.1 Å². The van der Waals surface area contributed by atoms with Gasteiger partial charge in [0.15, 0.2) is 0 Å². The molecule has 0 saturated carbocycles. The minimum Gasteiger partial charge on any atom is -0.497 e. The second-order valence-corrected chi connectivity index (χ2v) is 6.69. The minimum atomic E-state index is -1.62. The first kappa shape index (κ1) is 18.1. The number of alkyl halides is 1. The molecule has 0 aliphatic carbocycles. The quantitative estimate of drug-likeness (QED) is 0.622. The Morgan fingerprint density at radius 3 is 2.38 bits per heavy atom. The molecule has 0 saturated heterocycles. The van der Waals surface area contributed by atoms with E-state index >= 15 is 0 Å². The van der Waals surface area contributed by atoms with E-state index in [9.17, 15) is 9.65 Å². The summed E-state index contributed by atoms with van der Waals surface area (Å²) in [5, 5.41) is 18.1. The molecule has 3 aromatic rings. The van der Waals surface area contributed by atoms with Crippen LogP contribution in [0.4, 0.5) is 4.39 Å². The van der Waals surface area contributed by atoms with Crippen molar-refractivity contribution in [2.24, 2.45) is 0 Å². The van der Waals surface area contributed by atoms with Gasteiger partial charge in [-0.05, 0) is 36.8 Å². The van der Waals surface area contributed by atoms with Gasteiger partial charge in [-0.3, -0.25) is 0 Å². The summed E-state index contributed by atoms with van der Waals surface area (Å²) in [5.74, 6) is 0.626. The van der Waals surface area contributed by atoms with Crippen LogP contribution in [-0.4, -0.2) is 28.3 Å². The number of nitriles is 1. The van der Waals surface area contributed by atoms with Crippen LogP contribution in [0, 0.1) is 11.3 Å². The van der Waals surface area contributed by atoms with Crippen LogP contribution in [0.3, 0.4) is 0 Å². The molecule has 132 valence electrons. The van der Waals surface area contributed by atoms with Crippen LogP contribution in [0.5, 0.6) is 5.75 Å². The van der Waals surface area contributed by atoms with Gasteiger partial charge < -0.3 is 4.74 Å². The van der Waals surface area contributed by atoms with Gasteiger partial charge in [-0.2, -0.15) is 5.26 Å². The fourth-order valence-electron chi connectivity index (χ4n) is 2.78. The SMILES string of the molecule is COc1ccc([C@@](C#N)([C@@H](C)F)n2cc(-c3ccc(Br)cc3)nn2)cc1. The first-order valence-electron chi connectivity index (χ1n) is 7.90. The number of hydrogen-bond donors (Lipinski definition) is 0. The number of rotatable bonds is 5. The standard InChI is InChI=1S/C19H16BrFN4O/c1-13(21)19(12-22,15-5-9-17(26-2)10-6-15)25-11-18(23-24-25)14-3-7-16(20)8-4-14/h3-11,13H,1-2H3/t13-,19-/m1/s1. The zero-order chi connectivity index (χ0) is 18.7. The van der Waals surface area contributed by atoms with E-state index < -0.39 is 11.7 Å². The molecule has 0 bridgehead atoms. The number of hydrogen-bond acceptors (Lipinski definition) is 4. The van der Waals surface area contributed by atoms with Gasteiger partial charge in [-0.1, -0.05) is 45.4 Å². The first-order chi connectivity index (χ1) is 12.5. The Balaban J connectivity index is 2.09. The Labute approximate surface area is 159 Å². The number of methoxy groups -OCH3 is 1. The van der Waals surface area contributed by atoms with E-state index in [4.69, 9.17) is 4.74 Å². The average Bonchev–Trinajstić information content (AvgIpc) is 3.14. The molecule has 5 nitrogen and oxygen atoms in total. The third-order valence-electron chi connectivity index (χ3n) is 4.27. The molecule has 1 aromatic heterocycles. The Bertz CT molecular complexity index is 931. The summed E-state index contributed by atoms with van der Waals surface area (Å²) in [6, 6.07) is 16.3. The van der Waals surface area contributed by atoms with E-state index in [-0.39, 0.29) is 0 Å². The maximum absolute atomic E-state index is 14.7. The molecule has 0 amide bonds. The molecule has 0 radical (unpaired) electrons. The zero-order valence-electron chi connectivity index (χ0n) is 14.2. The van der Waals surface area contributed by atoms with Crippen molar-refractivity contribution in [1.82, 2.24) is 15.0 Å². The van der Waals surface area contributed by atoms with Crippen LogP contribution in [0.2, 0.25) is 0 Å². The van der Waals surface area contributed by atoms with Gasteiger partial charge in [-0.15, -0.1) is 5.10 Å². The Morgan fingerprint density at radius 2 is 1.85 bits per heavy atom. The topological polar surface area (TPSA) is 63.7 Å². The van der Waals surface area contributed by atoms with Gasteiger partial charge in [0.2, 0.25) is 5.54 Å². The Kier molecular flexibility index (Phi) is 5.05. The van der Waals surface area contributed by atoms with Gasteiger partial charge in [-0.25, -0.2) is 9.07 Å². The molecule has 2 aromatic carbocycles. The molecular formula is C19H16BrFN4O. The van der Waals surface area contributed by atoms with Gasteiger partial charge in [0, 0.05) is 10.0 Å². The maximum atomic E-state index is 14.7. The van der Waals surface area contributed by atoms with Gasteiger partial charge in [0.25, 0.3) is 0 Å². The fourth-order valence-corrected chi connectivity index (χ4v) is 3.05. The number of benzene rings is 2. The predicted octanol–water partition coefficient (Wildman–Crippen LogP) is 4.34. The molecule has 0 unspecified atom stereocenters. The third-order valence-corrected chi connectivity index (χ3v) is 4.80. The second-order valence-electron chi connectivity index (χ2n) is 5.78. The lowest BCUT2D eigenvalue weighted by Crippen LogP contribution is -2.42. The van der Waals surface area contributed by atoms with Crippen LogP contribution in [0.1, 0.15) is 12.5 Å². The van der Waals surface area contributed by atoms with Crippen molar-refractivity contribution >= 4 is 15.9 Å². The summed E-state index contributed by atoms with van der Waals surface area (Å²) in [6.45, 7) is 1.34. The van der Waals surface area contributed by atoms with E-state index in [0.29, 0.717) is 17.0 Å². The number of nitrogens with zero attached hydrogens (tertiary/aromatic N) is 4. The summed E-state index contributed by atoms with van der Waals surface area (Å²) >= 11 is 3.38. The van der Waals surface area contributed by atoms with E-state index in [0.717, 1.165) is 10.0 Å². The summed E-state index contributed by atoms with van der Waals surface area (Å²) in [6.07, 6.45) is 0.0765. The van der Waals surface area contributed by atoms with E-state index in [1.165, 1.54) is 11.6 Å². The van der Waals surface area contributed by atoms with E-state index in [1.807, 2.05) is 24.3 Å². The molecule has 0 aliphatic rings. The summed E-state index contributed by atoms with van der Waals surface area (Å²) in [7, 11) is 1.55. The predicted molar refractivity (Wildman–Crippen MR) is 99.4 cm³/mol. The van der Waals surface area contributed by atoms with Crippen LogP contribution in [0.15, 0.2) is 59.2 Å². The van der Waals surface area contributed by atoms with Crippen LogP contribution < -0.4 is 4.74 Å². The van der Waals surface area contributed by atoms with Crippen LogP contribution in [0.25, 0.3) is 11.3 Å². The number of ether oxygens (including phenoxy) is 1. The minimum absolute atomic E-state index is 0.475. The van der Waals surface area contributed by atoms with Crippen molar-refractivity contribution < 1.29 is 9.13 Å². The highest BCUT2D eigenvalue weighted by molar-refractivity contribution is 9.10. The van der Waals surface area contributed by atoms with Crippen molar-refractivity contribution in [1.29, 1.82) is 5.26 Å². The highest BCUT2D eigenvalue weighted by atomic mass is 79.9. The molecule has 0 spiro atoms. The van der Waals surface area contributed by atoms with Crippen molar-refractivity contribution in [2.45, 2.75) is 18.6 Å². The third kappa shape index (κ3) is 3.08. The fraction of sp³-hybridized carbons (Fsp3) is 0.211. The second kappa shape index (κ2) is 7.26. The van der Waals surface area contributed by atoms with E-state index in [2.05, 4.69) is 32.3 Å². The molecule has 0 N–H and O–H groups in total. The molecule has 26 heavy (non-hydrogen) atoms. The smallest absolute Gasteiger partial charge is 0.205 e. The first-order valence-corrected chi connectivity index (χ1v) is 8.69. The van der Waals surface area contributed by atoms with Gasteiger partial charge >= 0.3 is 0 Å². The monoisotopic (exact) mass is 414 g/mol. The molecule has 0 fully saturated rings. The summed E-state index contributed by atoms with van der Waals surface area (Å²) < 4.78 is 22.1. The lowest BCUT2D eigenvalue weighted by molar-refractivity contribution is 0.204. The Morgan fingerprint density at radius 1 is 1.19 bits per heavy atom. The van der Waals surface area contributed by atoms with Crippen LogP contribution >= 0.6 is 15.9 Å². The summed E-state index contributed by atoms with van der Waals surface area (Å²) in [5.41, 5.74) is 0.245. The zero-order valence-corrected chi connectivity index (χ0v) is 15.8. The molecular weight excluding hydrogens is 399 g/mol. The van der Waals surface area contributed by atoms with E-state index in [1.54, 1.807) is 37.6 Å². The summed E-state index contributed by atoms with van der Waals surface area (Å²) in [4.78, 5) is 0. The highest BCUT2D eigenvalue weighted by Crippen LogP contribution is 2.33. The van der Waals surface area contributed by atoms with Crippen molar-refractivity contribution in [3.05, 3.63) is 64.8 Å². The van der Waals surface area contributed by atoms with Gasteiger partial charge in [0.05, 0.1) is 13.3 Å². The molecule has 2 atom stereocenters. The Hall–Kier alpha value is -2.72. The van der Waals surface area contributed by atoms with Crippen molar-refractivity contribution in [2.75, 3.05) is 7.11 Å². The van der Waals surface area contributed by atoms with Gasteiger partial charge in [0.1, 0.15) is 23.7 Å². The lowest BCUT2D eigenvalue weighted by atomic mass is 9.87. The highest BCUT2D eigenvalue weighted by Gasteiger charge is 2.42. The average molecular weight is 415 g/mol. The normalized spacial score (nSPS) is 14.3. The molecule has 3 rings (SSSR count). The lowest BCUT2D eigenvalue weighted by Gasteiger charge is -2.28. The number of halogens is 2. The molecule has 7 heteroatoms. The van der Waals surface area contributed by atoms with Crippen molar-refractivity contribution in [3.63, 3.8) is 0 Å². The molecule has 1 heterocycles. The molecule has 0 aliphatic heterocycles.